The first-order chi connectivity index (χ1) is 9.16. The van der Waals surface area contributed by atoms with Crippen LogP contribution in [0.25, 0.3) is 0 Å². The summed E-state index contributed by atoms with van der Waals surface area (Å²) in [5.74, 6) is -0.140. The van der Waals surface area contributed by atoms with Crippen molar-refractivity contribution in [2.75, 3.05) is 26.0 Å². The Morgan fingerprint density at radius 3 is 2.40 bits per heavy atom. The van der Waals surface area contributed by atoms with Gasteiger partial charge in [-0.3, -0.25) is 4.79 Å². The fourth-order valence-corrected chi connectivity index (χ4v) is 2.94. The number of sulfonamides is 1. The van der Waals surface area contributed by atoms with Gasteiger partial charge in [-0.2, -0.15) is 0 Å². The van der Waals surface area contributed by atoms with Crippen LogP contribution in [0.2, 0.25) is 0 Å². The summed E-state index contributed by atoms with van der Waals surface area (Å²) in [4.78, 5) is 11.1. The smallest absolute Gasteiger partial charge is 0.305 e. The third-order valence-corrected chi connectivity index (χ3v) is 3.49. The maximum atomic E-state index is 11.2. The van der Waals surface area contributed by atoms with Gasteiger partial charge in [-0.25, -0.2) is 13.1 Å². The molecular formula is C13H28N2O4S. The van der Waals surface area contributed by atoms with E-state index < -0.39 is 15.6 Å². The number of esters is 1. The van der Waals surface area contributed by atoms with E-state index in [0.29, 0.717) is 19.6 Å². The molecule has 0 fully saturated rings. The lowest BCUT2D eigenvalue weighted by Crippen LogP contribution is -2.50. The first kappa shape index (κ1) is 19.3. The molecule has 0 amide bonds. The number of hydrogen-bond acceptors (Lipinski definition) is 5. The highest BCUT2D eigenvalue weighted by molar-refractivity contribution is 7.88. The SMILES string of the molecule is CCOC(=O)CCCCCNCC(C)(C)NS(C)(=O)=O. The standard InChI is InChI=1S/C13H28N2O4S/c1-5-19-12(16)9-7-6-8-10-14-11-13(2,3)15-20(4,17)18/h14-15H,5-11H2,1-4H3. The molecule has 0 heterocycles. The monoisotopic (exact) mass is 308 g/mol. The van der Waals surface area contributed by atoms with Gasteiger partial charge in [-0.1, -0.05) is 6.42 Å². The topological polar surface area (TPSA) is 84.5 Å². The van der Waals surface area contributed by atoms with Crippen LogP contribution < -0.4 is 10.0 Å². The number of hydrogen-bond donors (Lipinski definition) is 2. The predicted octanol–water partition coefficient (Wildman–Crippen LogP) is 1.03. The van der Waals surface area contributed by atoms with Gasteiger partial charge < -0.3 is 10.1 Å². The molecule has 0 aromatic rings. The minimum atomic E-state index is -3.19. The largest absolute Gasteiger partial charge is 0.466 e. The minimum absolute atomic E-state index is 0.140. The average molecular weight is 308 g/mol. The van der Waals surface area contributed by atoms with Gasteiger partial charge in [0, 0.05) is 18.5 Å². The van der Waals surface area contributed by atoms with Crippen LogP contribution in [0.4, 0.5) is 0 Å². The van der Waals surface area contributed by atoms with Crippen molar-refractivity contribution in [3.63, 3.8) is 0 Å². The highest BCUT2D eigenvalue weighted by Gasteiger charge is 2.21. The zero-order valence-corrected chi connectivity index (χ0v) is 13.8. The molecule has 0 saturated heterocycles. The lowest BCUT2D eigenvalue weighted by molar-refractivity contribution is -0.143. The van der Waals surface area contributed by atoms with E-state index in [1.807, 2.05) is 13.8 Å². The van der Waals surface area contributed by atoms with E-state index in [1.165, 1.54) is 0 Å². The molecule has 0 bridgehead atoms. The number of carbonyl (C=O) groups excluding carboxylic acids is 1. The van der Waals surface area contributed by atoms with Crippen molar-refractivity contribution in [2.45, 2.75) is 52.0 Å². The minimum Gasteiger partial charge on any atom is -0.466 e. The summed E-state index contributed by atoms with van der Waals surface area (Å²) in [6, 6.07) is 0. The van der Waals surface area contributed by atoms with Crippen LogP contribution in [0.1, 0.15) is 46.5 Å². The molecule has 120 valence electrons. The van der Waals surface area contributed by atoms with Crippen LogP contribution in [0.15, 0.2) is 0 Å². The van der Waals surface area contributed by atoms with Crippen LogP contribution in [-0.4, -0.2) is 45.9 Å². The van der Waals surface area contributed by atoms with E-state index in [1.54, 1.807) is 6.92 Å². The Morgan fingerprint density at radius 1 is 1.20 bits per heavy atom. The van der Waals surface area contributed by atoms with Crippen molar-refractivity contribution in [3.05, 3.63) is 0 Å². The van der Waals surface area contributed by atoms with Crippen molar-refractivity contribution in [1.29, 1.82) is 0 Å². The molecule has 0 aliphatic rings. The molecule has 0 unspecified atom stereocenters. The highest BCUT2D eigenvalue weighted by atomic mass is 32.2. The van der Waals surface area contributed by atoms with Gasteiger partial charge in [-0.15, -0.1) is 0 Å². The predicted molar refractivity (Wildman–Crippen MR) is 80.0 cm³/mol. The third kappa shape index (κ3) is 12.4. The summed E-state index contributed by atoms with van der Waals surface area (Å²) >= 11 is 0. The Hall–Kier alpha value is -0.660. The normalized spacial score (nSPS) is 12.4. The molecule has 0 atom stereocenters. The second-order valence-electron chi connectivity index (χ2n) is 5.55. The van der Waals surface area contributed by atoms with Crippen molar-refractivity contribution in [3.8, 4) is 0 Å². The molecule has 2 N–H and O–H groups in total. The molecule has 0 aliphatic heterocycles. The van der Waals surface area contributed by atoms with Crippen LogP contribution in [0.5, 0.6) is 0 Å². The first-order valence-electron chi connectivity index (χ1n) is 7.01. The molecule has 6 nitrogen and oxygen atoms in total. The molecule has 20 heavy (non-hydrogen) atoms. The molecule has 0 aromatic heterocycles. The summed E-state index contributed by atoms with van der Waals surface area (Å²) < 4.78 is 29.7. The maximum Gasteiger partial charge on any atom is 0.305 e. The summed E-state index contributed by atoms with van der Waals surface area (Å²) in [5.41, 5.74) is -0.501. The Balaban J connectivity index is 3.60. The van der Waals surface area contributed by atoms with E-state index in [0.717, 1.165) is 32.1 Å². The molecule has 0 rings (SSSR count). The summed E-state index contributed by atoms with van der Waals surface area (Å²) in [6.45, 7) is 7.27. The fourth-order valence-electron chi connectivity index (χ4n) is 1.87. The van der Waals surface area contributed by atoms with Gasteiger partial charge in [0.1, 0.15) is 0 Å². The van der Waals surface area contributed by atoms with E-state index in [-0.39, 0.29) is 5.97 Å². The van der Waals surface area contributed by atoms with Crippen molar-refractivity contribution >= 4 is 16.0 Å². The van der Waals surface area contributed by atoms with E-state index >= 15 is 0 Å². The van der Waals surface area contributed by atoms with Gasteiger partial charge in [0.05, 0.1) is 12.9 Å². The highest BCUT2D eigenvalue weighted by Crippen LogP contribution is 2.03. The number of unbranched alkanes of at least 4 members (excludes halogenated alkanes) is 2. The Labute approximate surface area is 122 Å². The van der Waals surface area contributed by atoms with Crippen molar-refractivity contribution in [2.24, 2.45) is 0 Å². The quantitative estimate of drug-likeness (QED) is 0.440. The number of nitrogens with one attached hydrogen (secondary N) is 2. The fraction of sp³-hybridized carbons (Fsp3) is 0.923. The molecule has 0 aromatic carbocycles. The Kier molecular flexibility index (Phi) is 9.00. The summed E-state index contributed by atoms with van der Waals surface area (Å²) in [5, 5.41) is 3.22. The van der Waals surface area contributed by atoms with Crippen molar-refractivity contribution < 1.29 is 17.9 Å². The molecule has 0 saturated carbocycles. The maximum absolute atomic E-state index is 11.2. The Morgan fingerprint density at radius 2 is 1.85 bits per heavy atom. The second kappa shape index (κ2) is 9.31. The number of rotatable bonds is 11. The Bertz CT molecular complexity index is 380. The van der Waals surface area contributed by atoms with Crippen LogP contribution in [0, 0.1) is 0 Å². The van der Waals surface area contributed by atoms with Crippen LogP contribution in [-0.2, 0) is 19.6 Å². The van der Waals surface area contributed by atoms with Crippen LogP contribution in [0.3, 0.4) is 0 Å². The zero-order valence-electron chi connectivity index (χ0n) is 13.0. The van der Waals surface area contributed by atoms with E-state index in [4.69, 9.17) is 4.74 Å². The second-order valence-corrected chi connectivity index (χ2v) is 7.30. The summed E-state index contributed by atoms with van der Waals surface area (Å²) in [6.07, 6.45) is 4.35. The van der Waals surface area contributed by atoms with Gasteiger partial charge in [0.15, 0.2) is 0 Å². The lowest BCUT2D eigenvalue weighted by Gasteiger charge is -2.25. The van der Waals surface area contributed by atoms with Crippen molar-refractivity contribution in [1.82, 2.24) is 10.0 Å². The van der Waals surface area contributed by atoms with Gasteiger partial charge in [-0.05, 0) is 40.2 Å². The average Bonchev–Trinajstić information content (AvgIpc) is 2.24. The van der Waals surface area contributed by atoms with Crippen LogP contribution >= 0.6 is 0 Å². The first-order valence-corrected chi connectivity index (χ1v) is 8.91. The lowest BCUT2D eigenvalue weighted by atomic mass is 10.1. The molecule has 0 aliphatic carbocycles. The number of ether oxygens (including phenoxy) is 1. The van der Waals surface area contributed by atoms with Gasteiger partial charge >= 0.3 is 5.97 Å². The molecule has 7 heteroatoms. The molecular weight excluding hydrogens is 280 g/mol. The van der Waals surface area contributed by atoms with Gasteiger partial charge in [0.2, 0.25) is 10.0 Å². The molecule has 0 radical (unpaired) electrons. The van der Waals surface area contributed by atoms with E-state index in [2.05, 4.69) is 10.0 Å². The number of carbonyl (C=O) groups is 1. The molecule has 0 spiro atoms. The zero-order chi connectivity index (χ0) is 15.6. The summed E-state index contributed by atoms with van der Waals surface area (Å²) in [7, 11) is -3.19. The third-order valence-electron chi connectivity index (χ3n) is 2.57. The van der Waals surface area contributed by atoms with E-state index in [9.17, 15) is 13.2 Å². The van der Waals surface area contributed by atoms with Gasteiger partial charge in [0.25, 0.3) is 0 Å².